The molecule has 21 heavy (non-hydrogen) atoms. The highest BCUT2D eigenvalue weighted by molar-refractivity contribution is 5.68. The van der Waals surface area contributed by atoms with Crippen LogP contribution in [0.2, 0.25) is 0 Å². The summed E-state index contributed by atoms with van der Waals surface area (Å²) in [5.74, 6) is -0.525. The maximum Gasteiger partial charge on any atom is 0.305 e. The zero-order valence-corrected chi connectivity index (χ0v) is 13.2. The van der Waals surface area contributed by atoms with Crippen LogP contribution in [0.5, 0.6) is 0 Å². The van der Waals surface area contributed by atoms with Gasteiger partial charge in [0.05, 0.1) is 12.1 Å². The molecule has 1 heterocycles. The van der Waals surface area contributed by atoms with Crippen molar-refractivity contribution in [2.75, 3.05) is 5.32 Å². The Bertz CT molecular complexity index is 570. The van der Waals surface area contributed by atoms with Crippen LogP contribution in [0.25, 0.3) is 0 Å². The van der Waals surface area contributed by atoms with Crippen molar-refractivity contribution < 1.29 is 9.90 Å². The number of nitriles is 1. The van der Waals surface area contributed by atoms with Crippen LogP contribution in [-0.2, 0) is 4.79 Å². The number of carboxylic acid groups (broad SMARTS) is 1. The van der Waals surface area contributed by atoms with Crippen LogP contribution >= 0.6 is 0 Å². The Kier molecular flexibility index (Phi) is 5.25. The molecule has 0 aliphatic heterocycles. The number of nitrogens with one attached hydrogen (secondary N) is 1. The molecule has 0 spiro atoms. The van der Waals surface area contributed by atoms with Crippen LogP contribution < -0.4 is 5.32 Å². The monoisotopic (exact) mass is 290 g/mol. The Morgan fingerprint density at radius 1 is 1.38 bits per heavy atom. The number of rotatable bonds is 5. The molecule has 1 atom stereocenters. The number of carbonyl (C=O) groups is 1. The van der Waals surface area contributed by atoms with E-state index >= 15 is 0 Å². The van der Waals surface area contributed by atoms with Gasteiger partial charge in [-0.15, -0.1) is 5.10 Å². The van der Waals surface area contributed by atoms with Crippen LogP contribution in [0.3, 0.4) is 0 Å². The molecule has 2 N–H and O–H groups in total. The third kappa shape index (κ3) is 5.03. The molecular formula is C15H22N4O2. The van der Waals surface area contributed by atoms with Crippen LogP contribution in [0.4, 0.5) is 5.82 Å². The molecule has 6 heteroatoms. The van der Waals surface area contributed by atoms with E-state index < -0.39 is 5.97 Å². The van der Waals surface area contributed by atoms with Crippen molar-refractivity contribution in [3.8, 4) is 6.07 Å². The van der Waals surface area contributed by atoms with Gasteiger partial charge in [0, 0.05) is 6.04 Å². The summed E-state index contributed by atoms with van der Waals surface area (Å²) >= 11 is 0. The van der Waals surface area contributed by atoms with Gasteiger partial charge in [-0.3, -0.25) is 4.79 Å². The lowest BCUT2D eigenvalue weighted by Gasteiger charge is -2.26. The SMILES string of the molecule is Cc1nnc(NC(CC(=O)O)CC(C)(C)C)c(C#N)c1C. The molecule has 0 saturated carbocycles. The normalized spacial score (nSPS) is 12.6. The minimum atomic E-state index is -0.882. The fourth-order valence-corrected chi connectivity index (χ4v) is 2.16. The van der Waals surface area contributed by atoms with Gasteiger partial charge in [0.1, 0.15) is 11.6 Å². The Morgan fingerprint density at radius 2 is 2.00 bits per heavy atom. The molecule has 0 aliphatic carbocycles. The van der Waals surface area contributed by atoms with Crippen molar-refractivity contribution in [3.05, 3.63) is 16.8 Å². The molecule has 1 aromatic rings. The predicted octanol–water partition coefficient (Wildman–Crippen LogP) is 2.66. The number of carboxylic acids is 1. The van der Waals surface area contributed by atoms with E-state index in [1.54, 1.807) is 6.92 Å². The molecule has 1 aromatic heterocycles. The zero-order valence-electron chi connectivity index (χ0n) is 13.2. The molecule has 1 rings (SSSR count). The Labute approximate surface area is 125 Å². The smallest absolute Gasteiger partial charge is 0.305 e. The van der Waals surface area contributed by atoms with E-state index in [9.17, 15) is 10.1 Å². The van der Waals surface area contributed by atoms with Crippen molar-refractivity contribution in [3.63, 3.8) is 0 Å². The van der Waals surface area contributed by atoms with Crippen LogP contribution in [0, 0.1) is 30.6 Å². The van der Waals surface area contributed by atoms with Crippen LogP contribution in [-0.4, -0.2) is 27.3 Å². The van der Waals surface area contributed by atoms with Crippen LogP contribution in [0.1, 0.15) is 50.4 Å². The average molecular weight is 290 g/mol. The van der Waals surface area contributed by atoms with Crippen LogP contribution in [0.15, 0.2) is 0 Å². The summed E-state index contributed by atoms with van der Waals surface area (Å²) in [4.78, 5) is 11.0. The number of aliphatic carboxylic acids is 1. The summed E-state index contributed by atoms with van der Waals surface area (Å²) in [7, 11) is 0. The second-order valence-electron chi connectivity index (χ2n) is 6.45. The van der Waals surface area contributed by atoms with Crippen molar-refractivity contribution in [1.82, 2.24) is 10.2 Å². The first-order chi connectivity index (χ1) is 9.64. The molecule has 0 bridgehead atoms. The number of hydrogen-bond donors (Lipinski definition) is 2. The lowest BCUT2D eigenvalue weighted by Crippen LogP contribution is -2.29. The van der Waals surface area contributed by atoms with Gasteiger partial charge in [-0.25, -0.2) is 0 Å². The summed E-state index contributed by atoms with van der Waals surface area (Å²) in [6.45, 7) is 9.73. The standard InChI is InChI=1S/C15H22N4O2/c1-9-10(2)18-19-14(12(9)8-16)17-11(6-13(20)21)7-15(3,4)5/h11H,6-7H2,1-5H3,(H,17,19)(H,20,21). The average Bonchev–Trinajstić information content (AvgIpc) is 2.31. The molecule has 1 unspecified atom stereocenters. The van der Waals surface area contributed by atoms with E-state index in [0.29, 0.717) is 23.5 Å². The molecule has 0 fully saturated rings. The van der Waals surface area contributed by atoms with Crippen molar-refractivity contribution >= 4 is 11.8 Å². The second-order valence-corrected chi connectivity index (χ2v) is 6.45. The van der Waals surface area contributed by atoms with Gasteiger partial charge in [-0.2, -0.15) is 10.4 Å². The number of nitrogens with zero attached hydrogens (tertiary/aromatic N) is 3. The Morgan fingerprint density at radius 3 is 2.48 bits per heavy atom. The highest BCUT2D eigenvalue weighted by Gasteiger charge is 2.23. The minimum absolute atomic E-state index is 0.0310. The highest BCUT2D eigenvalue weighted by atomic mass is 16.4. The van der Waals surface area contributed by atoms with Gasteiger partial charge in [0.15, 0.2) is 5.82 Å². The number of hydrogen-bond acceptors (Lipinski definition) is 5. The number of anilines is 1. The molecule has 0 aromatic carbocycles. The molecular weight excluding hydrogens is 268 g/mol. The fourth-order valence-electron chi connectivity index (χ4n) is 2.16. The predicted molar refractivity (Wildman–Crippen MR) is 80.0 cm³/mol. The highest BCUT2D eigenvalue weighted by Crippen LogP contribution is 2.26. The molecule has 0 saturated heterocycles. The quantitative estimate of drug-likeness (QED) is 0.865. The lowest BCUT2D eigenvalue weighted by molar-refractivity contribution is -0.137. The topological polar surface area (TPSA) is 98.9 Å². The van der Waals surface area contributed by atoms with Crippen molar-refractivity contribution in [1.29, 1.82) is 5.26 Å². The van der Waals surface area contributed by atoms with Gasteiger partial charge in [-0.1, -0.05) is 20.8 Å². The zero-order chi connectivity index (χ0) is 16.2. The largest absolute Gasteiger partial charge is 0.481 e. The van der Waals surface area contributed by atoms with E-state index in [0.717, 1.165) is 5.56 Å². The maximum atomic E-state index is 11.0. The molecule has 0 aliphatic rings. The maximum absolute atomic E-state index is 11.0. The molecule has 114 valence electrons. The van der Waals surface area contributed by atoms with E-state index in [-0.39, 0.29) is 17.9 Å². The summed E-state index contributed by atoms with van der Waals surface area (Å²) in [5.41, 5.74) is 1.85. The molecule has 6 nitrogen and oxygen atoms in total. The molecule has 0 amide bonds. The summed E-state index contributed by atoms with van der Waals surface area (Å²) < 4.78 is 0. The third-order valence-electron chi connectivity index (χ3n) is 3.19. The second kappa shape index (κ2) is 6.53. The van der Waals surface area contributed by atoms with E-state index in [1.807, 2.05) is 27.7 Å². The van der Waals surface area contributed by atoms with Crippen molar-refractivity contribution in [2.24, 2.45) is 5.41 Å². The summed E-state index contributed by atoms with van der Waals surface area (Å²) in [6.07, 6.45) is 0.621. The van der Waals surface area contributed by atoms with Gasteiger partial charge in [-0.05, 0) is 31.2 Å². The summed E-state index contributed by atoms with van der Waals surface area (Å²) in [6, 6.07) is 1.81. The minimum Gasteiger partial charge on any atom is -0.481 e. The number of aromatic nitrogens is 2. The first-order valence-electron chi connectivity index (χ1n) is 6.86. The lowest BCUT2D eigenvalue weighted by atomic mass is 9.87. The Hall–Kier alpha value is -2.16. The van der Waals surface area contributed by atoms with Gasteiger partial charge < -0.3 is 10.4 Å². The fraction of sp³-hybridized carbons (Fsp3) is 0.600. The van der Waals surface area contributed by atoms with E-state index in [4.69, 9.17) is 5.11 Å². The van der Waals surface area contributed by atoms with Gasteiger partial charge in [0.25, 0.3) is 0 Å². The van der Waals surface area contributed by atoms with E-state index in [2.05, 4.69) is 21.6 Å². The Balaban J connectivity index is 3.06. The van der Waals surface area contributed by atoms with Crippen molar-refractivity contribution in [2.45, 2.75) is 53.5 Å². The molecule has 0 radical (unpaired) electrons. The first kappa shape index (κ1) is 16.9. The van der Waals surface area contributed by atoms with Gasteiger partial charge >= 0.3 is 5.97 Å². The third-order valence-corrected chi connectivity index (χ3v) is 3.19. The number of aryl methyl sites for hydroxylation is 1. The van der Waals surface area contributed by atoms with Gasteiger partial charge in [0.2, 0.25) is 0 Å². The first-order valence-corrected chi connectivity index (χ1v) is 6.86. The van der Waals surface area contributed by atoms with E-state index in [1.165, 1.54) is 0 Å². The summed E-state index contributed by atoms with van der Waals surface area (Å²) in [5, 5.41) is 29.4.